The van der Waals surface area contributed by atoms with Gasteiger partial charge < -0.3 is 0 Å². The monoisotopic (exact) mass is 225 g/mol. The van der Waals surface area contributed by atoms with Crippen LogP contribution < -0.4 is 0 Å². The molecule has 1 rings (SSSR count). The van der Waals surface area contributed by atoms with E-state index >= 15 is 0 Å². The Balaban J connectivity index is 0.00000106. The summed E-state index contributed by atoms with van der Waals surface area (Å²) in [5.74, 6) is 0. The second-order valence-corrected chi connectivity index (χ2v) is 4.46. The molecule has 0 radical (unpaired) electrons. The number of hydrogen-bond acceptors (Lipinski definition) is 1. The molecule has 0 atom stereocenters. The molecule has 0 N–H and O–H groups in total. The Morgan fingerprint density at radius 2 is 1.69 bits per heavy atom. The maximum absolute atomic E-state index is 2.57. The van der Waals surface area contributed by atoms with Gasteiger partial charge in [0, 0.05) is 6.54 Å². The summed E-state index contributed by atoms with van der Waals surface area (Å²) in [4.78, 5) is 2.57. The van der Waals surface area contributed by atoms with E-state index < -0.39 is 0 Å². The van der Waals surface area contributed by atoms with Crippen LogP contribution in [0, 0.1) is 0 Å². The lowest BCUT2D eigenvalue weighted by molar-refractivity contribution is 0.306. The van der Waals surface area contributed by atoms with Gasteiger partial charge in [-0.1, -0.05) is 38.8 Å². The number of allylic oxidation sites excluding steroid dienone is 1. The minimum Gasteiger partial charge on any atom is -0.300 e. The Labute approximate surface area is 103 Å². The summed E-state index contributed by atoms with van der Waals surface area (Å²) in [5.41, 5.74) is 3.40. The summed E-state index contributed by atoms with van der Waals surface area (Å²) in [6, 6.07) is 0. The summed E-state index contributed by atoms with van der Waals surface area (Å²) in [5, 5.41) is 0. The second kappa shape index (κ2) is 9.89. The lowest BCUT2D eigenvalue weighted by Gasteiger charge is -2.25. The van der Waals surface area contributed by atoms with Gasteiger partial charge in [0.15, 0.2) is 0 Å². The van der Waals surface area contributed by atoms with Gasteiger partial charge in [-0.05, 0) is 52.1 Å². The molecule has 1 heteroatoms. The summed E-state index contributed by atoms with van der Waals surface area (Å²) in [6.07, 6.45) is 6.80. The van der Waals surface area contributed by atoms with Crippen LogP contribution in [-0.4, -0.2) is 24.5 Å². The third-order valence-electron chi connectivity index (χ3n) is 3.29. The van der Waals surface area contributed by atoms with Crippen LogP contribution in [0.25, 0.3) is 0 Å². The second-order valence-electron chi connectivity index (χ2n) is 4.46. The lowest BCUT2D eigenvalue weighted by atomic mass is 9.92. The van der Waals surface area contributed by atoms with Crippen molar-refractivity contribution in [3.05, 3.63) is 11.1 Å². The molecule has 0 aromatic rings. The Morgan fingerprint density at radius 3 is 2.19 bits per heavy atom. The van der Waals surface area contributed by atoms with Crippen molar-refractivity contribution in [2.24, 2.45) is 0 Å². The molecule has 0 aliphatic heterocycles. The number of likely N-dealkylation sites (N-methyl/N-ethyl adjacent to an activating group) is 1. The van der Waals surface area contributed by atoms with Crippen molar-refractivity contribution in [2.75, 3.05) is 19.6 Å². The summed E-state index contributed by atoms with van der Waals surface area (Å²) >= 11 is 0. The van der Waals surface area contributed by atoms with Gasteiger partial charge in [-0.15, -0.1) is 0 Å². The quantitative estimate of drug-likeness (QED) is 0.616. The summed E-state index contributed by atoms with van der Waals surface area (Å²) in [7, 11) is 0. The maximum atomic E-state index is 2.57. The van der Waals surface area contributed by atoms with Gasteiger partial charge in [-0.25, -0.2) is 0 Å². The van der Waals surface area contributed by atoms with Crippen LogP contribution >= 0.6 is 0 Å². The van der Waals surface area contributed by atoms with Gasteiger partial charge in [0.1, 0.15) is 0 Å². The first-order chi connectivity index (χ1) is 7.77. The molecular weight excluding hydrogens is 194 g/mol. The molecule has 0 saturated heterocycles. The molecule has 0 aromatic heterocycles. The van der Waals surface area contributed by atoms with Crippen LogP contribution in [-0.2, 0) is 0 Å². The number of hydrogen-bond donors (Lipinski definition) is 0. The highest BCUT2D eigenvalue weighted by Crippen LogP contribution is 2.24. The van der Waals surface area contributed by atoms with Crippen LogP contribution in [0.1, 0.15) is 66.7 Å². The largest absolute Gasteiger partial charge is 0.300 e. The van der Waals surface area contributed by atoms with E-state index in [-0.39, 0.29) is 0 Å². The zero-order valence-corrected chi connectivity index (χ0v) is 12.1. The molecule has 0 bridgehead atoms. The molecule has 0 spiro atoms. The molecule has 16 heavy (non-hydrogen) atoms. The molecule has 0 unspecified atom stereocenters. The highest BCUT2D eigenvalue weighted by molar-refractivity contribution is 5.16. The van der Waals surface area contributed by atoms with Gasteiger partial charge >= 0.3 is 0 Å². The van der Waals surface area contributed by atoms with Crippen molar-refractivity contribution < 1.29 is 0 Å². The Morgan fingerprint density at radius 1 is 1.06 bits per heavy atom. The third kappa shape index (κ3) is 5.69. The summed E-state index contributed by atoms with van der Waals surface area (Å²) in [6.45, 7) is 14.6. The first-order valence-corrected chi connectivity index (χ1v) is 7.17. The zero-order chi connectivity index (χ0) is 12.4. The first-order valence-electron chi connectivity index (χ1n) is 7.17. The van der Waals surface area contributed by atoms with E-state index in [1.807, 2.05) is 13.8 Å². The van der Waals surface area contributed by atoms with Crippen molar-refractivity contribution in [2.45, 2.75) is 66.7 Å². The molecule has 0 aromatic carbocycles. The zero-order valence-electron chi connectivity index (χ0n) is 12.1. The molecule has 1 aliphatic rings. The van der Waals surface area contributed by atoms with Gasteiger partial charge in [0.2, 0.25) is 0 Å². The van der Waals surface area contributed by atoms with Gasteiger partial charge in [-0.2, -0.15) is 0 Å². The Kier molecular flexibility index (Phi) is 9.71. The van der Waals surface area contributed by atoms with E-state index in [0.29, 0.717) is 0 Å². The van der Waals surface area contributed by atoms with E-state index in [2.05, 4.69) is 25.7 Å². The predicted molar refractivity (Wildman–Crippen MR) is 74.9 cm³/mol. The molecule has 0 amide bonds. The van der Waals surface area contributed by atoms with Crippen molar-refractivity contribution >= 4 is 0 Å². The topological polar surface area (TPSA) is 3.24 Å². The Bertz CT molecular complexity index is 194. The van der Waals surface area contributed by atoms with Gasteiger partial charge in [0.05, 0.1) is 0 Å². The SMILES string of the molecule is CC.CCCN(CC)CC1=C(C)CCCC1. The van der Waals surface area contributed by atoms with Crippen molar-refractivity contribution in [3.8, 4) is 0 Å². The number of rotatable bonds is 5. The molecule has 96 valence electrons. The fourth-order valence-corrected chi connectivity index (χ4v) is 2.27. The van der Waals surface area contributed by atoms with E-state index in [9.17, 15) is 0 Å². The molecule has 1 nitrogen and oxygen atoms in total. The third-order valence-corrected chi connectivity index (χ3v) is 3.29. The van der Waals surface area contributed by atoms with Crippen LogP contribution in [0.5, 0.6) is 0 Å². The molecule has 0 heterocycles. The summed E-state index contributed by atoms with van der Waals surface area (Å²) < 4.78 is 0. The molecule has 0 saturated carbocycles. The smallest absolute Gasteiger partial charge is 0.0195 e. The van der Waals surface area contributed by atoms with Crippen molar-refractivity contribution in [1.29, 1.82) is 0 Å². The average molecular weight is 225 g/mol. The lowest BCUT2D eigenvalue weighted by Crippen LogP contribution is -2.27. The molecular formula is C15H31N. The van der Waals surface area contributed by atoms with Gasteiger partial charge in [-0.3, -0.25) is 4.90 Å². The predicted octanol–water partition coefficient (Wildman–Crippen LogP) is 4.64. The van der Waals surface area contributed by atoms with Crippen LogP contribution in [0.3, 0.4) is 0 Å². The van der Waals surface area contributed by atoms with E-state index in [1.165, 1.54) is 51.7 Å². The highest BCUT2D eigenvalue weighted by Gasteiger charge is 2.11. The van der Waals surface area contributed by atoms with E-state index in [4.69, 9.17) is 0 Å². The van der Waals surface area contributed by atoms with E-state index in [0.717, 1.165) is 0 Å². The number of nitrogens with zero attached hydrogens (tertiary/aromatic N) is 1. The van der Waals surface area contributed by atoms with E-state index in [1.54, 1.807) is 11.1 Å². The van der Waals surface area contributed by atoms with Gasteiger partial charge in [0.25, 0.3) is 0 Å². The van der Waals surface area contributed by atoms with Crippen LogP contribution in [0.15, 0.2) is 11.1 Å². The Hall–Kier alpha value is -0.300. The van der Waals surface area contributed by atoms with Crippen LogP contribution in [0.2, 0.25) is 0 Å². The minimum atomic E-state index is 1.20. The minimum absolute atomic E-state index is 1.20. The molecule has 0 fully saturated rings. The highest BCUT2D eigenvalue weighted by atomic mass is 15.1. The first kappa shape index (κ1) is 15.7. The maximum Gasteiger partial charge on any atom is 0.0195 e. The fourth-order valence-electron chi connectivity index (χ4n) is 2.27. The normalized spacial score (nSPS) is 16.1. The standard InChI is InChI=1S/C13H25N.C2H6/c1-4-10-14(5-2)11-13-9-7-6-8-12(13)3;1-2/h4-11H2,1-3H3;1-2H3. The average Bonchev–Trinajstić information content (AvgIpc) is 2.34. The fraction of sp³-hybridized carbons (Fsp3) is 0.867. The van der Waals surface area contributed by atoms with Crippen molar-refractivity contribution in [3.63, 3.8) is 0 Å². The van der Waals surface area contributed by atoms with Crippen LogP contribution in [0.4, 0.5) is 0 Å². The van der Waals surface area contributed by atoms with Crippen molar-refractivity contribution in [1.82, 2.24) is 4.90 Å². The molecule has 1 aliphatic carbocycles.